The average molecular weight is 279 g/mol. The molecule has 0 aliphatic carbocycles. The fraction of sp³-hybridized carbons (Fsp3) is 0. The standard InChI is InChI=1S/C12H8Cl2N4/c13-7-2-1-3-8(14)11(7)18-10-4-5-16-6-9(10)17-12(18)15/h1-6H,(H2,15,17). The Kier molecular flexibility index (Phi) is 2.61. The highest BCUT2D eigenvalue weighted by molar-refractivity contribution is 6.37. The van der Waals surface area contributed by atoms with Crippen molar-refractivity contribution in [3.05, 3.63) is 46.7 Å². The predicted molar refractivity (Wildman–Crippen MR) is 73.3 cm³/mol. The number of hydrogen-bond acceptors (Lipinski definition) is 3. The van der Waals surface area contributed by atoms with E-state index in [0.717, 1.165) is 5.52 Å². The van der Waals surface area contributed by atoms with Crippen molar-refractivity contribution in [1.82, 2.24) is 14.5 Å². The van der Waals surface area contributed by atoms with Crippen molar-refractivity contribution < 1.29 is 0 Å². The van der Waals surface area contributed by atoms with E-state index in [2.05, 4.69) is 9.97 Å². The molecule has 3 rings (SSSR count). The molecule has 3 aromatic rings. The number of imidazole rings is 1. The summed E-state index contributed by atoms with van der Waals surface area (Å²) >= 11 is 12.4. The van der Waals surface area contributed by atoms with Gasteiger partial charge in [0.1, 0.15) is 5.52 Å². The first-order valence-electron chi connectivity index (χ1n) is 5.21. The van der Waals surface area contributed by atoms with Gasteiger partial charge in [-0.1, -0.05) is 29.3 Å². The molecule has 0 bridgehead atoms. The number of para-hydroxylation sites is 1. The molecule has 0 aliphatic rings. The number of rotatable bonds is 1. The van der Waals surface area contributed by atoms with Gasteiger partial charge < -0.3 is 5.73 Å². The number of halogens is 2. The monoisotopic (exact) mass is 278 g/mol. The first kappa shape index (κ1) is 11.3. The lowest BCUT2D eigenvalue weighted by Gasteiger charge is -2.10. The van der Waals surface area contributed by atoms with Gasteiger partial charge in [-0.05, 0) is 18.2 Å². The van der Waals surface area contributed by atoms with Crippen LogP contribution in [0.1, 0.15) is 0 Å². The van der Waals surface area contributed by atoms with Crippen LogP contribution in [0.4, 0.5) is 5.95 Å². The summed E-state index contributed by atoms with van der Waals surface area (Å²) < 4.78 is 1.72. The third-order valence-corrected chi connectivity index (χ3v) is 3.25. The maximum Gasteiger partial charge on any atom is 0.206 e. The van der Waals surface area contributed by atoms with Crippen molar-refractivity contribution in [2.24, 2.45) is 0 Å². The summed E-state index contributed by atoms with van der Waals surface area (Å²) in [7, 11) is 0. The van der Waals surface area contributed by atoms with Gasteiger partial charge in [-0.25, -0.2) is 4.98 Å². The SMILES string of the molecule is Nc1nc2cnccc2n1-c1c(Cl)cccc1Cl. The van der Waals surface area contributed by atoms with Crippen LogP contribution in [0, 0.1) is 0 Å². The summed E-state index contributed by atoms with van der Waals surface area (Å²) in [5, 5.41) is 1.04. The number of hydrogen-bond donors (Lipinski definition) is 1. The van der Waals surface area contributed by atoms with E-state index in [1.54, 1.807) is 35.2 Å². The molecular formula is C12H8Cl2N4. The van der Waals surface area contributed by atoms with E-state index in [1.165, 1.54) is 0 Å². The molecule has 4 nitrogen and oxygen atoms in total. The van der Waals surface area contributed by atoms with Gasteiger partial charge in [-0.15, -0.1) is 0 Å². The van der Waals surface area contributed by atoms with Crippen molar-refractivity contribution in [3.63, 3.8) is 0 Å². The minimum absolute atomic E-state index is 0.327. The number of nitrogens with zero attached hydrogens (tertiary/aromatic N) is 3. The van der Waals surface area contributed by atoms with Gasteiger partial charge in [0.25, 0.3) is 0 Å². The van der Waals surface area contributed by atoms with Gasteiger partial charge in [0, 0.05) is 6.20 Å². The van der Waals surface area contributed by atoms with Crippen molar-refractivity contribution >= 4 is 40.2 Å². The molecule has 2 aromatic heterocycles. The predicted octanol–water partition coefficient (Wildman–Crippen LogP) is 3.31. The van der Waals surface area contributed by atoms with E-state index >= 15 is 0 Å². The highest BCUT2D eigenvalue weighted by Gasteiger charge is 2.15. The maximum atomic E-state index is 6.19. The first-order chi connectivity index (χ1) is 8.68. The van der Waals surface area contributed by atoms with Gasteiger partial charge in [0.05, 0.1) is 27.4 Å². The van der Waals surface area contributed by atoms with E-state index in [-0.39, 0.29) is 0 Å². The second kappa shape index (κ2) is 4.15. The molecule has 0 atom stereocenters. The first-order valence-corrected chi connectivity index (χ1v) is 5.96. The van der Waals surface area contributed by atoms with Gasteiger partial charge in [-0.3, -0.25) is 9.55 Å². The van der Waals surface area contributed by atoms with Crippen molar-refractivity contribution in [2.45, 2.75) is 0 Å². The Morgan fingerprint density at radius 1 is 1.11 bits per heavy atom. The summed E-state index contributed by atoms with van der Waals surface area (Å²) in [6.45, 7) is 0. The number of nitrogen functional groups attached to an aromatic ring is 1. The van der Waals surface area contributed by atoms with Crippen LogP contribution < -0.4 is 5.73 Å². The molecule has 6 heteroatoms. The van der Waals surface area contributed by atoms with Crippen LogP contribution in [0.15, 0.2) is 36.7 Å². The Morgan fingerprint density at radius 3 is 2.56 bits per heavy atom. The Balaban J connectivity index is 2.42. The summed E-state index contributed by atoms with van der Waals surface area (Å²) in [4.78, 5) is 8.24. The molecule has 0 unspecified atom stereocenters. The van der Waals surface area contributed by atoms with Gasteiger partial charge in [0.15, 0.2) is 0 Å². The molecule has 0 radical (unpaired) electrons. The quantitative estimate of drug-likeness (QED) is 0.743. The van der Waals surface area contributed by atoms with Crippen molar-refractivity contribution in [1.29, 1.82) is 0 Å². The lowest BCUT2D eigenvalue weighted by molar-refractivity contribution is 1.11. The van der Waals surface area contributed by atoms with Gasteiger partial charge in [-0.2, -0.15) is 0 Å². The average Bonchev–Trinajstić information content (AvgIpc) is 2.66. The third kappa shape index (κ3) is 1.62. The number of nitrogens with two attached hydrogens (primary N) is 1. The molecule has 2 heterocycles. The van der Waals surface area contributed by atoms with E-state index in [9.17, 15) is 0 Å². The molecule has 0 amide bonds. The zero-order valence-corrected chi connectivity index (χ0v) is 10.7. The molecule has 0 spiro atoms. The fourth-order valence-electron chi connectivity index (χ4n) is 1.89. The highest BCUT2D eigenvalue weighted by atomic mass is 35.5. The van der Waals surface area contributed by atoms with Crippen LogP contribution in [-0.4, -0.2) is 14.5 Å². The Labute approximate surface area is 113 Å². The van der Waals surface area contributed by atoms with Crippen LogP contribution in [0.3, 0.4) is 0 Å². The van der Waals surface area contributed by atoms with Crippen LogP contribution in [-0.2, 0) is 0 Å². The molecule has 90 valence electrons. The molecule has 0 aliphatic heterocycles. The highest BCUT2D eigenvalue weighted by Crippen LogP contribution is 2.32. The molecular weight excluding hydrogens is 271 g/mol. The number of benzene rings is 1. The lowest BCUT2D eigenvalue weighted by Crippen LogP contribution is -2.02. The van der Waals surface area contributed by atoms with Crippen LogP contribution in [0.5, 0.6) is 0 Å². The maximum absolute atomic E-state index is 6.19. The Bertz CT molecular complexity index is 716. The second-order valence-corrected chi connectivity index (χ2v) is 4.55. The summed E-state index contributed by atoms with van der Waals surface area (Å²) in [6.07, 6.45) is 3.32. The Hall–Kier alpha value is -1.78. The third-order valence-electron chi connectivity index (χ3n) is 2.64. The summed E-state index contributed by atoms with van der Waals surface area (Å²) in [6, 6.07) is 7.12. The lowest BCUT2D eigenvalue weighted by atomic mass is 10.3. The van der Waals surface area contributed by atoms with Crippen LogP contribution in [0.25, 0.3) is 16.7 Å². The summed E-state index contributed by atoms with van der Waals surface area (Å²) in [5.41, 5.74) is 8.08. The largest absolute Gasteiger partial charge is 0.369 e. The normalized spacial score (nSPS) is 11.0. The van der Waals surface area contributed by atoms with E-state index < -0.39 is 0 Å². The number of fused-ring (bicyclic) bond motifs is 1. The van der Waals surface area contributed by atoms with Gasteiger partial charge in [0.2, 0.25) is 5.95 Å². The van der Waals surface area contributed by atoms with E-state index in [1.807, 2.05) is 6.07 Å². The smallest absolute Gasteiger partial charge is 0.206 e. The van der Waals surface area contributed by atoms with Crippen LogP contribution >= 0.6 is 23.2 Å². The molecule has 0 fully saturated rings. The minimum Gasteiger partial charge on any atom is -0.369 e. The Morgan fingerprint density at radius 2 is 1.83 bits per heavy atom. The van der Waals surface area contributed by atoms with E-state index in [0.29, 0.717) is 27.2 Å². The van der Waals surface area contributed by atoms with E-state index in [4.69, 9.17) is 28.9 Å². The fourth-order valence-corrected chi connectivity index (χ4v) is 2.45. The van der Waals surface area contributed by atoms with Crippen molar-refractivity contribution in [2.75, 3.05) is 5.73 Å². The van der Waals surface area contributed by atoms with Crippen LogP contribution in [0.2, 0.25) is 10.0 Å². The molecule has 1 aromatic carbocycles. The van der Waals surface area contributed by atoms with Crippen molar-refractivity contribution in [3.8, 4) is 5.69 Å². The second-order valence-electron chi connectivity index (χ2n) is 3.74. The zero-order chi connectivity index (χ0) is 12.7. The molecule has 2 N–H and O–H groups in total. The molecule has 0 saturated heterocycles. The van der Waals surface area contributed by atoms with Gasteiger partial charge >= 0.3 is 0 Å². The minimum atomic E-state index is 0.327. The molecule has 0 saturated carbocycles. The zero-order valence-electron chi connectivity index (χ0n) is 9.14. The molecule has 18 heavy (non-hydrogen) atoms. The summed E-state index contributed by atoms with van der Waals surface area (Å²) in [5.74, 6) is 0.327. The number of anilines is 1. The number of aromatic nitrogens is 3. The number of pyridine rings is 1. The topological polar surface area (TPSA) is 56.7 Å².